The summed E-state index contributed by atoms with van der Waals surface area (Å²) in [7, 11) is 1.28. The zero-order valence-electron chi connectivity index (χ0n) is 11.3. The Hall–Kier alpha value is -2.62. The van der Waals surface area contributed by atoms with Crippen molar-refractivity contribution in [3.63, 3.8) is 0 Å². The maximum Gasteiger partial charge on any atom is 0.343 e. The second-order valence-corrected chi connectivity index (χ2v) is 4.25. The Balaban J connectivity index is 2.26. The molecule has 0 radical (unpaired) electrons. The maximum absolute atomic E-state index is 12.1. The summed E-state index contributed by atoms with van der Waals surface area (Å²) in [6.45, 7) is 1.89. The van der Waals surface area contributed by atoms with E-state index in [2.05, 4.69) is 4.74 Å². The van der Waals surface area contributed by atoms with E-state index in [1.807, 2.05) is 13.0 Å². The molecule has 4 nitrogen and oxygen atoms in total. The molecular weight excluding hydrogens is 256 g/mol. The molecule has 2 aromatic carbocycles. The number of benzene rings is 2. The van der Waals surface area contributed by atoms with Crippen LogP contribution >= 0.6 is 0 Å². The zero-order chi connectivity index (χ0) is 14.5. The second kappa shape index (κ2) is 6.02. The first-order valence-corrected chi connectivity index (χ1v) is 6.08. The number of aryl methyl sites for hydroxylation is 1. The fourth-order valence-corrected chi connectivity index (χ4v) is 1.77. The average Bonchev–Trinajstić information content (AvgIpc) is 2.47. The van der Waals surface area contributed by atoms with Crippen LogP contribution in [0.2, 0.25) is 0 Å². The Morgan fingerprint density at radius 3 is 2.40 bits per heavy atom. The van der Waals surface area contributed by atoms with Crippen LogP contribution in [0.4, 0.5) is 0 Å². The summed E-state index contributed by atoms with van der Waals surface area (Å²) >= 11 is 0. The number of hydrogen-bond donors (Lipinski definition) is 0. The predicted octanol–water partition coefficient (Wildman–Crippen LogP) is 3.00. The normalized spacial score (nSPS) is 9.90. The molecule has 0 bridgehead atoms. The Labute approximate surface area is 116 Å². The molecule has 0 heterocycles. The van der Waals surface area contributed by atoms with E-state index < -0.39 is 11.9 Å². The lowest BCUT2D eigenvalue weighted by molar-refractivity contribution is 0.0593. The van der Waals surface area contributed by atoms with Crippen LogP contribution in [0.5, 0.6) is 5.75 Å². The third-order valence-electron chi connectivity index (χ3n) is 2.75. The largest absolute Gasteiger partial charge is 0.465 e. The summed E-state index contributed by atoms with van der Waals surface area (Å²) < 4.78 is 9.92. The molecule has 0 saturated carbocycles. The molecule has 2 rings (SSSR count). The standard InChI is InChI=1S/C16H14O4/c1-11-6-5-7-12(10-11)15(17)20-14-9-4-3-8-13(14)16(18)19-2/h3-10H,1-2H3. The van der Waals surface area contributed by atoms with Gasteiger partial charge in [0, 0.05) is 0 Å². The molecule has 0 N–H and O–H groups in total. The third kappa shape index (κ3) is 3.03. The monoisotopic (exact) mass is 270 g/mol. The van der Waals surface area contributed by atoms with Gasteiger partial charge in [-0.25, -0.2) is 9.59 Å². The number of methoxy groups -OCH3 is 1. The van der Waals surface area contributed by atoms with Gasteiger partial charge in [0.15, 0.2) is 0 Å². The minimum atomic E-state index is -0.544. The van der Waals surface area contributed by atoms with E-state index in [-0.39, 0.29) is 11.3 Å². The number of rotatable bonds is 3. The number of para-hydroxylation sites is 1. The van der Waals surface area contributed by atoms with Gasteiger partial charge in [0.05, 0.1) is 12.7 Å². The Morgan fingerprint density at radius 1 is 0.950 bits per heavy atom. The molecule has 4 heteroatoms. The summed E-state index contributed by atoms with van der Waals surface area (Å²) in [5.74, 6) is -0.867. The van der Waals surface area contributed by atoms with Gasteiger partial charge in [0.1, 0.15) is 11.3 Å². The maximum atomic E-state index is 12.1. The van der Waals surface area contributed by atoms with Crippen LogP contribution in [0.25, 0.3) is 0 Å². The molecule has 0 atom stereocenters. The van der Waals surface area contributed by atoms with Gasteiger partial charge >= 0.3 is 11.9 Å². The minimum Gasteiger partial charge on any atom is -0.465 e. The van der Waals surface area contributed by atoms with Crippen LogP contribution in [0.3, 0.4) is 0 Å². The lowest BCUT2D eigenvalue weighted by Crippen LogP contribution is -2.12. The van der Waals surface area contributed by atoms with Crippen molar-refractivity contribution in [2.75, 3.05) is 7.11 Å². The van der Waals surface area contributed by atoms with Gasteiger partial charge < -0.3 is 9.47 Å². The average molecular weight is 270 g/mol. The Bertz CT molecular complexity index is 646. The van der Waals surface area contributed by atoms with E-state index in [1.54, 1.807) is 42.5 Å². The van der Waals surface area contributed by atoms with Crippen molar-refractivity contribution in [1.82, 2.24) is 0 Å². The molecule has 0 aliphatic rings. The molecule has 0 aliphatic heterocycles. The first-order chi connectivity index (χ1) is 9.61. The van der Waals surface area contributed by atoms with Crippen molar-refractivity contribution in [2.45, 2.75) is 6.92 Å². The number of carbonyl (C=O) groups excluding carboxylic acids is 2. The van der Waals surface area contributed by atoms with E-state index in [4.69, 9.17) is 4.74 Å². The van der Waals surface area contributed by atoms with Crippen LogP contribution in [-0.4, -0.2) is 19.0 Å². The lowest BCUT2D eigenvalue weighted by Gasteiger charge is -2.08. The molecule has 0 amide bonds. The summed E-state index contributed by atoms with van der Waals surface area (Å²) in [4.78, 5) is 23.6. The lowest BCUT2D eigenvalue weighted by atomic mass is 10.1. The molecule has 0 unspecified atom stereocenters. The topological polar surface area (TPSA) is 52.6 Å². The van der Waals surface area contributed by atoms with Crippen molar-refractivity contribution >= 4 is 11.9 Å². The van der Waals surface area contributed by atoms with Crippen molar-refractivity contribution in [3.8, 4) is 5.75 Å². The van der Waals surface area contributed by atoms with E-state index in [1.165, 1.54) is 7.11 Å². The quantitative estimate of drug-likeness (QED) is 0.635. The van der Waals surface area contributed by atoms with Gasteiger partial charge in [-0.2, -0.15) is 0 Å². The first-order valence-electron chi connectivity index (χ1n) is 6.08. The van der Waals surface area contributed by atoms with Crippen LogP contribution in [0.15, 0.2) is 48.5 Å². The molecule has 0 spiro atoms. The van der Waals surface area contributed by atoms with Gasteiger partial charge in [-0.3, -0.25) is 0 Å². The molecule has 0 fully saturated rings. The van der Waals surface area contributed by atoms with Gasteiger partial charge in [0.2, 0.25) is 0 Å². The van der Waals surface area contributed by atoms with Crippen molar-refractivity contribution in [3.05, 3.63) is 65.2 Å². The molecule has 0 saturated heterocycles. The van der Waals surface area contributed by atoms with Gasteiger partial charge in [-0.1, -0.05) is 29.8 Å². The summed E-state index contributed by atoms with van der Waals surface area (Å²) in [5.41, 5.74) is 1.61. The van der Waals surface area contributed by atoms with E-state index >= 15 is 0 Å². The SMILES string of the molecule is COC(=O)c1ccccc1OC(=O)c1cccc(C)c1. The number of hydrogen-bond acceptors (Lipinski definition) is 4. The summed E-state index contributed by atoms with van der Waals surface area (Å²) in [6.07, 6.45) is 0. The molecule has 102 valence electrons. The van der Waals surface area contributed by atoms with Crippen LogP contribution in [0.1, 0.15) is 26.3 Å². The number of esters is 2. The summed E-state index contributed by atoms with van der Waals surface area (Å²) in [6, 6.07) is 13.5. The number of carbonyl (C=O) groups is 2. The first kappa shape index (κ1) is 13.8. The highest BCUT2D eigenvalue weighted by Crippen LogP contribution is 2.20. The highest BCUT2D eigenvalue weighted by molar-refractivity contribution is 5.96. The molecule has 2 aromatic rings. The smallest absolute Gasteiger partial charge is 0.343 e. The van der Waals surface area contributed by atoms with Gasteiger partial charge in [-0.15, -0.1) is 0 Å². The second-order valence-electron chi connectivity index (χ2n) is 4.25. The molecule has 0 aliphatic carbocycles. The highest BCUT2D eigenvalue weighted by Gasteiger charge is 2.16. The van der Waals surface area contributed by atoms with Crippen LogP contribution in [0, 0.1) is 6.92 Å². The Morgan fingerprint density at radius 2 is 1.70 bits per heavy atom. The van der Waals surface area contributed by atoms with Crippen molar-refractivity contribution in [1.29, 1.82) is 0 Å². The number of ether oxygens (including phenoxy) is 2. The van der Waals surface area contributed by atoms with Crippen molar-refractivity contribution < 1.29 is 19.1 Å². The van der Waals surface area contributed by atoms with Gasteiger partial charge in [-0.05, 0) is 31.2 Å². The molecule has 0 aromatic heterocycles. The fourth-order valence-electron chi connectivity index (χ4n) is 1.77. The minimum absolute atomic E-state index is 0.186. The zero-order valence-corrected chi connectivity index (χ0v) is 11.3. The van der Waals surface area contributed by atoms with E-state index in [9.17, 15) is 9.59 Å². The molecular formula is C16H14O4. The predicted molar refractivity (Wildman–Crippen MR) is 73.9 cm³/mol. The fraction of sp³-hybridized carbons (Fsp3) is 0.125. The van der Waals surface area contributed by atoms with Crippen molar-refractivity contribution in [2.24, 2.45) is 0 Å². The van der Waals surface area contributed by atoms with E-state index in [0.29, 0.717) is 5.56 Å². The highest BCUT2D eigenvalue weighted by atomic mass is 16.5. The summed E-state index contributed by atoms with van der Waals surface area (Å²) in [5, 5.41) is 0. The molecule has 20 heavy (non-hydrogen) atoms. The van der Waals surface area contributed by atoms with Crippen LogP contribution < -0.4 is 4.74 Å². The van der Waals surface area contributed by atoms with E-state index in [0.717, 1.165) is 5.56 Å². The van der Waals surface area contributed by atoms with Crippen LogP contribution in [-0.2, 0) is 4.74 Å². The third-order valence-corrected chi connectivity index (χ3v) is 2.75. The van der Waals surface area contributed by atoms with Gasteiger partial charge in [0.25, 0.3) is 0 Å². The Kier molecular flexibility index (Phi) is 4.15.